The van der Waals surface area contributed by atoms with Crippen LogP contribution in [0.15, 0.2) is 54.6 Å². The van der Waals surface area contributed by atoms with Crippen LogP contribution >= 0.6 is 0 Å². The highest BCUT2D eigenvalue weighted by Gasteiger charge is 2.17. The number of fused-ring (bicyclic) bond motifs is 1. The first kappa shape index (κ1) is 17.9. The van der Waals surface area contributed by atoms with Crippen molar-refractivity contribution in [2.45, 2.75) is 13.3 Å². The van der Waals surface area contributed by atoms with E-state index in [1.165, 1.54) is 24.3 Å². The molecule has 0 aliphatic carbocycles. The van der Waals surface area contributed by atoms with Crippen molar-refractivity contribution in [2.75, 3.05) is 0 Å². The van der Waals surface area contributed by atoms with E-state index in [9.17, 15) is 18.7 Å². The molecule has 0 radical (unpaired) electrons. The Morgan fingerprint density at radius 3 is 2.57 bits per heavy atom. The highest BCUT2D eigenvalue weighted by Crippen LogP contribution is 2.33. The van der Waals surface area contributed by atoms with Gasteiger partial charge in [0.05, 0.1) is 5.69 Å². The number of carboxylic acids is 1. The summed E-state index contributed by atoms with van der Waals surface area (Å²) in [6.45, 7) is 1.69. The zero-order valence-corrected chi connectivity index (χ0v) is 15.0. The number of aromatic amines is 1. The second-order valence-electron chi connectivity index (χ2n) is 6.63. The normalized spacial score (nSPS) is 11.1. The Bertz CT molecular complexity index is 1200. The van der Waals surface area contributed by atoms with Crippen LogP contribution in [0.1, 0.15) is 27.3 Å². The minimum atomic E-state index is -1.11. The Labute approximate surface area is 159 Å². The van der Waals surface area contributed by atoms with E-state index in [1.807, 2.05) is 0 Å². The number of halogens is 2. The van der Waals surface area contributed by atoms with Gasteiger partial charge in [0.25, 0.3) is 0 Å². The minimum Gasteiger partial charge on any atom is -0.477 e. The van der Waals surface area contributed by atoms with Crippen molar-refractivity contribution in [1.29, 1.82) is 0 Å². The van der Waals surface area contributed by atoms with Gasteiger partial charge in [0.2, 0.25) is 0 Å². The molecule has 4 rings (SSSR count). The van der Waals surface area contributed by atoms with Gasteiger partial charge in [-0.05, 0) is 72.1 Å². The van der Waals surface area contributed by atoms with Crippen LogP contribution in [0.3, 0.4) is 0 Å². The van der Waals surface area contributed by atoms with Crippen LogP contribution in [0.5, 0.6) is 0 Å². The average molecular weight is 378 g/mol. The molecule has 0 unspecified atom stereocenters. The number of carboxylic acid groups (broad SMARTS) is 1. The van der Waals surface area contributed by atoms with Crippen molar-refractivity contribution in [3.8, 4) is 11.3 Å². The largest absolute Gasteiger partial charge is 0.477 e. The Morgan fingerprint density at radius 1 is 1.11 bits per heavy atom. The molecule has 0 aliphatic heterocycles. The quantitative estimate of drug-likeness (QED) is 0.519. The van der Waals surface area contributed by atoms with Gasteiger partial charge in [0, 0.05) is 23.0 Å². The van der Waals surface area contributed by atoms with Crippen LogP contribution in [-0.2, 0) is 6.42 Å². The Hall–Kier alpha value is -3.54. The number of hydrogen-bond acceptors (Lipinski definition) is 2. The summed E-state index contributed by atoms with van der Waals surface area (Å²) in [6.07, 6.45) is 0.302. The highest BCUT2D eigenvalue weighted by atomic mass is 19.1. The summed E-state index contributed by atoms with van der Waals surface area (Å²) in [4.78, 5) is 18.7. The molecular weight excluding hydrogens is 362 g/mol. The fraction of sp³-hybridized carbons (Fsp3) is 0.0909. The molecule has 0 aliphatic rings. The van der Waals surface area contributed by atoms with E-state index in [-0.39, 0.29) is 17.3 Å². The van der Waals surface area contributed by atoms with Crippen LogP contribution in [0.25, 0.3) is 22.2 Å². The lowest BCUT2D eigenvalue weighted by Crippen LogP contribution is -2.03. The molecule has 0 saturated carbocycles. The number of carbonyl (C=O) groups is 1. The molecule has 2 heterocycles. The lowest BCUT2D eigenvalue weighted by Gasteiger charge is -2.07. The zero-order chi connectivity index (χ0) is 19.8. The van der Waals surface area contributed by atoms with Crippen LogP contribution < -0.4 is 0 Å². The van der Waals surface area contributed by atoms with E-state index < -0.39 is 5.97 Å². The van der Waals surface area contributed by atoms with Gasteiger partial charge >= 0.3 is 5.97 Å². The van der Waals surface area contributed by atoms with E-state index >= 15 is 0 Å². The van der Waals surface area contributed by atoms with Gasteiger partial charge in [0.1, 0.15) is 17.3 Å². The third-order valence-electron chi connectivity index (χ3n) is 4.70. The summed E-state index contributed by atoms with van der Waals surface area (Å²) in [7, 11) is 0. The summed E-state index contributed by atoms with van der Waals surface area (Å²) in [5.74, 6) is -1.79. The first-order valence-electron chi connectivity index (χ1n) is 8.68. The second-order valence-corrected chi connectivity index (χ2v) is 6.63. The molecule has 0 amide bonds. The summed E-state index contributed by atoms with van der Waals surface area (Å²) < 4.78 is 27.6. The van der Waals surface area contributed by atoms with Crippen LogP contribution in [-0.4, -0.2) is 21.0 Å². The fourth-order valence-electron chi connectivity index (χ4n) is 3.30. The molecule has 0 fully saturated rings. The molecule has 2 aromatic heterocycles. The van der Waals surface area contributed by atoms with Gasteiger partial charge in [-0.1, -0.05) is 6.07 Å². The third kappa shape index (κ3) is 3.24. The lowest BCUT2D eigenvalue weighted by atomic mass is 10.00. The Balaban J connectivity index is 1.90. The number of rotatable bonds is 4. The van der Waals surface area contributed by atoms with Gasteiger partial charge in [-0.25, -0.2) is 18.6 Å². The highest BCUT2D eigenvalue weighted by molar-refractivity contribution is 5.91. The van der Waals surface area contributed by atoms with Gasteiger partial charge in [-0.15, -0.1) is 0 Å². The first-order chi connectivity index (χ1) is 13.4. The maximum absolute atomic E-state index is 14.2. The van der Waals surface area contributed by atoms with Crippen molar-refractivity contribution in [3.05, 3.63) is 88.7 Å². The molecule has 4 nitrogen and oxygen atoms in total. The lowest BCUT2D eigenvalue weighted by molar-refractivity contribution is 0.0690. The van der Waals surface area contributed by atoms with Crippen molar-refractivity contribution in [1.82, 2.24) is 9.97 Å². The van der Waals surface area contributed by atoms with Gasteiger partial charge < -0.3 is 10.1 Å². The summed E-state index contributed by atoms with van der Waals surface area (Å²) in [5.41, 5.74) is 4.01. The number of nitrogens with zero attached hydrogens (tertiary/aromatic N) is 1. The fourth-order valence-corrected chi connectivity index (χ4v) is 3.30. The van der Waals surface area contributed by atoms with E-state index in [0.29, 0.717) is 23.1 Å². The van der Waals surface area contributed by atoms with Crippen LogP contribution in [0, 0.1) is 18.6 Å². The van der Waals surface area contributed by atoms with Crippen molar-refractivity contribution >= 4 is 16.9 Å². The Morgan fingerprint density at radius 2 is 1.86 bits per heavy atom. The van der Waals surface area contributed by atoms with Gasteiger partial charge in [-0.2, -0.15) is 0 Å². The predicted octanol–water partition coefficient (Wildman–Crippen LogP) is 5.11. The van der Waals surface area contributed by atoms with E-state index in [4.69, 9.17) is 0 Å². The van der Waals surface area contributed by atoms with Crippen molar-refractivity contribution < 1.29 is 18.7 Å². The van der Waals surface area contributed by atoms with Crippen molar-refractivity contribution in [2.24, 2.45) is 0 Å². The van der Waals surface area contributed by atoms with E-state index in [1.54, 1.807) is 37.3 Å². The van der Waals surface area contributed by atoms with Crippen LogP contribution in [0.4, 0.5) is 8.78 Å². The summed E-state index contributed by atoms with van der Waals surface area (Å²) in [5, 5.41) is 9.86. The Kier molecular flexibility index (Phi) is 4.39. The zero-order valence-electron chi connectivity index (χ0n) is 15.0. The molecule has 0 saturated heterocycles. The SMILES string of the molecule is Cc1cc2[nH]c(-c3ccc(F)cc3)c(Cc3cccc(C(=O)O)n3)c2cc1F. The molecule has 2 aromatic carbocycles. The second kappa shape index (κ2) is 6.88. The van der Waals surface area contributed by atoms with Gasteiger partial charge in [0.15, 0.2) is 0 Å². The molecule has 0 bridgehead atoms. The van der Waals surface area contributed by atoms with E-state index in [2.05, 4.69) is 9.97 Å². The standard InChI is InChI=1S/C22H16F2N2O2/c1-12-9-20-16(11-18(12)24)17(10-15-3-2-4-19(25-15)22(27)28)21(26-20)13-5-7-14(23)8-6-13/h2-9,11,26H,10H2,1H3,(H,27,28). The van der Waals surface area contributed by atoms with E-state index in [0.717, 1.165) is 22.3 Å². The molecule has 6 heteroatoms. The monoisotopic (exact) mass is 378 g/mol. The molecule has 0 atom stereocenters. The molecule has 4 aromatic rings. The number of aromatic nitrogens is 2. The molecule has 2 N–H and O–H groups in total. The number of hydrogen-bond donors (Lipinski definition) is 2. The summed E-state index contributed by atoms with van der Waals surface area (Å²) in [6, 6.07) is 14.0. The minimum absolute atomic E-state index is 0.0531. The molecule has 0 spiro atoms. The third-order valence-corrected chi connectivity index (χ3v) is 4.70. The first-order valence-corrected chi connectivity index (χ1v) is 8.68. The van der Waals surface area contributed by atoms with Crippen LogP contribution in [0.2, 0.25) is 0 Å². The number of aryl methyl sites for hydroxylation is 1. The number of aromatic carboxylic acids is 1. The number of H-pyrrole nitrogens is 1. The maximum Gasteiger partial charge on any atom is 0.354 e. The number of nitrogens with one attached hydrogen (secondary N) is 1. The smallest absolute Gasteiger partial charge is 0.354 e. The van der Waals surface area contributed by atoms with Crippen molar-refractivity contribution in [3.63, 3.8) is 0 Å². The topological polar surface area (TPSA) is 66.0 Å². The van der Waals surface area contributed by atoms with Gasteiger partial charge in [-0.3, -0.25) is 0 Å². The number of pyridine rings is 1. The number of benzene rings is 2. The molecular formula is C22H16F2N2O2. The average Bonchev–Trinajstić information content (AvgIpc) is 3.00. The maximum atomic E-state index is 14.2. The predicted molar refractivity (Wildman–Crippen MR) is 102 cm³/mol. The summed E-state index contributed by atoms with van der Waals surface area (Å²) >= 11 is 0. The molecule has 28 heavy (non-hydrogen) atoms. The molecule has 140 valence electrons.